The van der Waals surface area contributed by atoms with Crippen LogP contribution < -0.4 is 4.90 Å². The number of benzene rings is 1. The Morgan fingerprint density at radius 2 is 1.89 bits per heavy atom. The van der Waals surface area contributed by atoms with Crippen LogP contribution >= 0.6 is 0 Å². The van der Waals surface area contributed by atoms with Gasteiger partial charge in [-0.1, -0.05) is 13.8 Å². The van der Waals surface area contributed by atoms with E-state index in [4.69, 9.17) is 0 Å². The molecule has 1 aliphatic rings. The monoisotopic (exact) mass is 267 g/mol. The predicted octanol–water partition coefficient (Wildman–Crippen LogP) is 3.79. The van der Waals surface area contributed by atoms with Gasteiger partial charge in [0.25, 0.3) is 0 Å². The van der Waals surface area contributed by atoms with Crippen molar-refractivity contribution in [1.82, 2.24) is 0 Å². The van der Waals surface area contributed by atoms with Gasteiger partial charge in [-0.15, -0.1) is 0 Å². The van der Waals surface area contributed by atoms with Gasteiger partial charge in [0.1, 0.15) is 23.6 Å². The Hall–Kier alpha value is -1.45. The summed E-state index contributed by atoms with van der Waals surface area (Å²) in [5.41, 5.74) is 0.0621. The van der Waals surface area contributed by atoms with Crippen LogP contribution in [0.3, 0.4) is 0 Å². The van der Waals surface area contributed by atoms with Gasteiger partial charge in [0.15, 0.2) is 0 Å². The van der Waals surface area contributed by atoms with E-state index < -0.39 is 11.6 Å². The second-order valence-electron chi connectivity index (χ2n) is 5.56. The summed E-state index contributed by atoms with van der Waals surface area (Å²) in [4.78, 5) is 12.4. The first-order valence-corrected chi connectivity index (χ1v) is 6.73. The highest BCUT2D eigenvalue weighted by Crippen LogP contribution is 2.35. The molecule has 0 saturated heterocycles. The zero-order chi connectivity index (χ0) is 14.0. The van der Waals surface area contributed by atoms with E-state index in [1.165, 1.54) is 0 Å². The average Bonchev–Trinajstić information content (AvgIpc) is 3.15. The molecule has 1 aromatic carbocycles. The molecular weight excluding hydrogens is 248 g/mol. The van der Waals surface area contributed by atoms with E-state index in [0.29, 0.717) is 18.7 Å². The highest BCUT2D eigenvalue weighted by molar-refractivity contribution is 5.76. The number of halogens is 2. The molecule has 0 N–H and O–H groups in total. The Morgan fingerprint density at radius 3 is 2.32 bits per heavy atom. The molecule has 0 unspecified atom stereocenters. The van der Waals surface area contributed by atoms with Gasteiger partial charge in [-0.05, 0) is 37.3 Å². The van der Waals surface area contributed by atoms with Gasteiger partial charge < -0.3 is 4.90 Å². The third-order valence-corrected chi connectivity index (χ3v) is 3.40. The molecule has 1 aliphatic carbocycles. The third-order valence-electron chi connectivity index (χ3n) is 3.40. The van der Waals surface area contributed by atoms with Crippen molar-refractivity contribution in [2.45, 2.75) is 39.2 Å². The van der Waals surface area contributed by atoms with Crippen molar-refractivity contribution in [3.8, 4) is 0 Å². The fourth-order valence-electron chi connectivity index (χ4n) is 2.19. The third kappa shape index (κ3) is 3.31. The Morgan fingerprint density at radius 1 is 1.32 bits per heavy atom. The highest BCUT2D eigenvalue weighted by atomic mass is 19.1. The number of anilines is 1. The molecule has 2 nitrogen and oxygen atoms in total. The lowest BCUT2D eigenvalue weighted by Crippen LogP contribution is -2.29. The number of hydrogen-bond donors (Lipinski definition) is 0. The maximum absolute atomic E-state index is 14.0. The molecule has 19 heavy (non-hydrogen) atoms. The first kappa shape index (κ1) is 14.0. The fourth-order valence-corrected chi connectivity index (χ4v) is 2.19. The number of nitrogens with zero attached hydrogens (tertiary/aromatic N) is 1. The summed E-state index contributed by atoms with van der Waals surface area (Å²) in [6.45, 7) is 4.83. The van der Waals surface area contributed by atoms with Crippen molar-refractivity contribution in [3.63, 3.8) is 0 Å². The van der Waals surface area contributed by atoms with Gasteiger partial charge in [-0.2, -0.15) is 0 Å². The number of hydrogen-bond acceptors (Lipinski definition) is 2. The molecule has 0 amide bonds. The van der Waals surface area contributed by atoms with Gasteiger partial charge in [-0.25, -0.2) is 8.78 Å². The molecule has 0 radical (unpaired) electrons. The van der Waals surface area contributed by atoms with Crippen LogP contribution in [0.2, 0.25) is 0 Å². The van der Waals surface area contributed by atoms with E-state index >= 15 is 0 Å². The zero-order valence-corrected chi connectivity index (χ0v) is 11.3. The molecule has 0 aliphatic heterocycles. The number of aldehydes is 1. The Balaban J connectivity index is 2.28. The van der Waals surface area contributed by atoms with Gasteiger partial charge in [0, 0.05) is 18.2 Å². The molecule has 1 aromatic rings. The second kappa shape index (κ2) is 5.68. The van der Waals surface area contributed by atoms with Crippen LogP contribution in [0.1, 0.15) is 43.5 Å². The molecule has 2 rings (SSSR count). The molecule has 104 valence electrons. The molecule has 1 saturated carbocycles. The largest absolute Gasteiger partial charge is 0.364 e. The Bertz CT molecular complexity index is 446. The van der Waals surface area contributed by atoms with E-state index in [-0.39, 0.29) is 17.3 Å². The van der Waals surface area contributed by atoms with Crippen LogP contribution in [0.25, 0.3) is 0 Å². The minimum absolute atomic E-state index is 0.0220. The van der Waals surface area contributed by atoms with Crippen LogP contribution in [-0.2, 0) is 0 Å². The smallest absolute Gasteiger partial charge is 0.150 e. The maximum atomic E-state index is 14.0. The standard InChI is InChI=1S/C15H19F2NO/c1-10(2)5-6-18(12-3-4-12)15-13(16)7-11(9-19)8-14(15)17/h7-10,12H,3-6H2,1-2H3. The normalized spacial score (nSPS) is 14.8. The molecule has 0 spiro atoms. The fraction of sp³-hybridized carbons (Fsp3) is 0.533. The Labute approximate surface area is 112 Å². The molecule has 0 heterocycles. The lowest BCUT2D eigenvalue weighted by atomic mass is 10.1. The summed E-state index contributed by atoms with van der Waals surface area (Å²) < 4.78 is 28.0. The van der Waals surface area contributed by atoms with E-state index in [1.54, 1.807) is 0 Å². The number of rotatable bonds is 6. The second-order valence-corrected chi connectivity index (χ2v) is 5.56. The molecule has 4 heteroatoms. The van der Waals surface area contributed by atoms with Gasteiger partial charge in [0.2, 0.25) is 0 Å². The van der Waals surface area contributed by atoms with Gasteiger partial charge >= 0.3 is 0 Å². The van der Waals surface area contributed by atoms with Crippen LogP contribution in [0.15, 0.2) is 12.1 Å². The van der Waals surface area contributed by atoms with Crippen LogP contribution in [-0.4, -0.2) is 18.9 Å². The van der Waals surface area contributed by atoms with E-state index in [0.717, 1.165) is 31.4 Å². The maximum Gasteiger partial charge on any atom is 0.150 e. The van der Waals surface area contributed by atoms with E-state index in [2.05, 4.69) is 13.8 Å². The molecule has 0 bridgehead atoms. The molecular formula is C15H19F2NO. The SMILES string of the molecule is CC(C)CCN(c1c(F)cc(C=O)cc1F)C1CC1. The summed E-state index contributed by atoms with van der Waals surface area (Å²) in [6, 6.07) is 2.46. The van der Waals surface area contributed by atoms with E-state index in [1.807, 2.05) is 4.90 Å². The number of carbonyl (C=O) groups is 1. The first-order valence-electron chi connectivity index (χ1n) is 6.73. The summed E-state index contributed by atoms with van der Waals surface area (Å²) >= 11 is 0. The van der Waals surface area contributed by atoms with Crippen LogP contribution in [0.5, 0.6) is 0 Å². The summed E-state index contributed by atoms with van der Waals surface area (Å²) in [5, 5.41) is 0. The number of carbonyl (C=O) groups excluding carboxylic acids is 1. The topological polar surface area (TPSA) is 20.3 Å². The van der Waals surface area contributed by atoms with Crippen molar-refractivity contribution < 1.29 is 13.6 Å². The Kier molecular flexibility index (Phi) is 4.17. The minimum atomic E-state index is -0.641. The molecule has 1 fully saturated rings. The van der Waals surface area contributed by atoms with Crippen LogP contribution in [0, 0.1) is 17.6 Å². The van der Waals surface area contributed by atoms with Crippen molar-refractivity contribution in [3.05, 3.63) is 29.3 Å². The average molecular weight is 267 g/mol. The lowest BCUT2D eigenvalue weighted by Gasteiger charge is -2.26. The van der Waals surface area contributed by atoms with Gasteiger partial charge in [0.05, 0.1) is 0 Å². The highest BCUT2D eigenvalue weighted by Gasteiger charge is 2.32. The van der Waals surface area contributed by atoms with Gasteiger partial charge in [-0.3, -0.25) is 4.79 Å². The molecule has 0 aromatic heterocycles. The van der Waals surface area contributed by atoms with Crippen LogP contribution in [0.4, 0.5) is 14.5 Å². The van der Waals surface area contributed by atoms with Crippen molar-refractivity contribution in [2.75, 3.05) is 11.4 Å². The quantitative estimate of drug-likeness (QED) is 0.731. The van der Waals surface area contributed by atoms with Crippen molar-refractivity contribution in [2.24, 2.45) is 5.92 Å². The minimum Gasteiger partial charge on any atom is -0.364 e. The lowest BCUT2D eigenvalue weighted by molar-refractivity contribution is 0.112. The summed E-state index contributed by atoms with van der Waals surface area (Å²) in [7, 11) is 0. The van der Waals surface area contributed by atoms with Crippen molar-refractivity contribution >= 4 is 12.0 Å². The van der Waals surface area contributed by atoms with E-state index in [9.17, 15) is 13.6 Å². The zero-order valence-electron chi connectivity index (χ0n) is 11.3. The van der Waals surface area contributed by atoms with Crippen molar-refractivity contribution in [1.29, 1.82) is 0 Å². The predicted molar refractivity (Wildman–Crippen MR) is 71.6 cm³/mol. The molecule has 0 atom stereocenters. The first-order chi connectivity index (χ1) is 9.02. The summed E-state index contributed by atoms with van der Waals surface area (Å²) in [5.74, 6) is -0.794. The summed E-state index contributed by atoms with van der Waals surface area (Å²) in [6.07, 6.45) is 3.31.